The fourth-order valence-corrected chi connectivity index (χ4v) is 2.77. The second-order valence-corrected chi connectivity index (χ2v) is 6.50. The van der Waals surface area contributed by atoms with E-state index < -0.39 is 12.1 Å². The number of hydrogen-bond donors (Lipinski definition) is 0. The zero-order chi connectivity index (χ0) is 18.0. The fourth-order valence-electron chi connectivity index (χ4n) is 2.11. The smallest absolute Gasteiger partial charge is 0.283 e. The van der Waals surface area contributed by atoms with Crippen molar-refractivity contribution in [3.63, 3.8) is 0 Å². The molecule has 2 heterocycles. The molecule has 0 spiro atoms. The van der Waals surface area contributed by atoms with Crippen molar-refractivity contribution in [1.29, 1.82) is 0 Å². The van der Waals surface area contributed by atoms with E-state index in [1.54, 1.807) is 18.7 Å². The normalized spacial score (nSPS) is 11.3. The number of aromatic nitrogens is 4. The lowest BCUT2D eigenvalue weighted by Crippen LogP contribution is -2.30. The first-order valence-corrected chi connectivity index (χ1v) is 8.38. The Kier molecular flexibility index (Phi) is 5.97. The van der Waals surface area contributed by atoms with Crippen LogP contribution in [0.15, 0.2) is 10.7 Å². The van der Waals surface area contributed by atoms with Crippen LogP contribution in [0.5, 0.6) is 0 Å². The van der Waals surface area contributed by atoms with Crippen molar-refractivity contribution in [1.82, 2.24) is 24.5 Å². The van der Waals surface area contributed by atoms with Crippen molar-refractivity contribution < 1.29 is 13.6 Å². The molecule has 0 aromatic carbocycles. The van der Waals surface area contributed by atoms with E-state index in [-0.39, 0.29) is 17.5 Å². The maximum absolute atomic E-state index is 12.8. The summed E-state index contributed by atoms with van der Waals surface area (Å²) in [6.45, 7) is 4.36. The molecule has 0 bridgehead atoms. The van der Waals surface area contributed by atoms with Crippen molar-refractivity contribution in [2.75, 3.05) is 7.05 Å². The van der Waals surface area contributed by atoms with E-state index in [0.29, 0.717) is 12.2 Å². The molecule has 0 N–H and O–H groups in total. The summed E-state index contributed by atoms with van der Waals surface area (Å²) in [5.74, 6) is -0.281. The summed E-state index contributed by atoms with van der Waals surface area (Å²) in [6.07, 6.45) is -0.945. The monoisotopic (exact) mass is 423 g/mol. The Bertz CT molecular complexity index is 746. The van der Waals surface area contributed by atoms with Gasteiger partial charge in [-0.1, -0.05) is 11.6 Å². The van der Waals surface area contributed by atoms with Gasteiger partial charge in [0.2, 0.25) is 5.91 Å². The van der Waals surface area contributed by atoms with Crippen molar-refractivity contribution >= 4 is 33.4 Å². The van der Waals surface area contributed by atoms with Gasteiger partial charge in [0.25, 0.3) is 6.43 Å². The lowest BCUT2D eigenvalue weighted by Gasteiger charge is -2.16. The molecule has 0 unspecified atom stereocenters. The highest BCUT2D eigenvalue weighted by Crippen LogP contribution is 2.28. The van der Waals surface area contributed by atoms with E-state index in [1.165, 1.54) is 9.58 Å². The maximum atomic E-state index is 12.8. The highest BCUT2D eigenvalue weighted by Gasteiger charge is 2.22. The first-order chi connectivity index (χ1) is 11.2. The fraction of sp³-hybridized carbons (Fsp3) is 0.500. The van der Waals surface area contributed by atoms with Gasteiger partial charge in [-0.15, -0.1) is 0 Å². The average Bonchev–Trinajstić information content (AvgIpc) is 3.02. The number of carbonyl (C=O) groups excluding carboxylic acids is 1. The zero-order valence-corrected chi connectivity index (χ0v) is 15.8. The lowest BCUT2D eigenvalue weighted by atomic mass is 10.3. The number of aryl methyl sites for hydroxylation is 1. The van der Waals surface area contributed by atoms with Crippen molar-refractivity contribution in [2.45, 2.75) is 39.9 Å². The number of likely N-dealkylation sites (N-methyl/N-ethyl adjacent to an activating group) is 1. The maximum Gasteiger partial charge on any atom is 0.283 e. The molecule has 6 nitrogen and oxygen atoms in total. The summed E-state index contributed by atoms with van der Waals surface area (Å²) in [6, 6.07) is 0. The Morgan fingerprint density at radius 1 is 1.46 bits per heavy atom. The van der Waals surface area contributed by atoms with Gasteiger partial charge in [0.15, 0.2) is 0 Å². The van der Waals surface area contributed by atoms with Crippen molar-refractivity contribution in [2.24, 2.45) is 0 Å². The SMILES string of the molecule is CCn1cc(Br)c(CN(C)C(=O)Cn2nc(C(F)F)c(Cl)c2C)n1. The van der Waals surface area contributed by atoms with Crippen LogP contribution in [-0.2, 0) is 24.4 Å². The summed E-state index contributed by atoms with van der Waals surface area (Å²) in [5, 5.41) is 7.97. The third-order valence-electron chi connectivity index (χ3n) is 3.57. The molecule has 0 fully saturated rings. The van der Waals surface area contributed by atoms with Crippen LogP contribution in [0, 0.1) is 6.92 Å². The second-order valence-electron chi connectivity index (χ2n) is 5.27. The summed E-state index contributed by atoms with van der Waals surface area (Å²) >= 11 is 9.24. The summed E-state index contributed by atoms with van der Waals surface area (Å²) in [7, 11) is 1.62. The van der Waals surface area contributed by atoms with Crippen LogP contribution >= 0.6 is 27.5 Å². The number of carbonyl (C=O) groups is 1. The van der Waals surface area contributed by atoms with Gasteiger partial charge in [0, 0.05) is 19.8 Å². The minimum atomic E-state index is -2.78. The quantitative estimate of drug-likeness (QED) is 0.714. The van der Waals surface area contributed by atoms with Crippen LogP contribution in [-0.4, -0.2) is 37.4 Å². The molecule has 2 aromatic heterocycles. The topological polar surface area (TPSA) is 56.0 Å². The third-order valence-corrected chi connectivity index (χ3v) is 4.70. The van der Waals surface area contributed by atoms with Gasteiger partial charge in [-0.3, -0.25) is 14.2 Å². The van der Waals surface area contributed by atoms with Crippen LogP contribution in [0.2, 0.25) is 5.02 Å². The molecule has 0 atom stereocenters. The molecule has 10 heteroatoms. The molecule has 0 radical (unpaired) electrons. The Morgan fingerprint density at radius 3 is 2.62 bits per heavy atom. The standard InChI is InChI=1S/C14H17BrClF2N5O/c1-4-22-5-9(15)10(19-22)6-21(3)11(24)7-23-8(2)12(16)13(20-23)14(17)18/h5,14H,4,6-7H2,1-3H3. The Balaban J connectivity index is 2.09. The number of halogens is 4. The van der Waals surface area contributed by atoms with Crippen LogP contribution < -0.4 is 0 Å². The highest BCUT2D eigenvalue weighted by molar-refractivity contribution is 9.10. The molecule has 0 saturated carbocycles. The minimum Gasteiger partial charge on any atom is -0.338 e. The Hall–Kier alpha value is -1.48. The van der Waals surface area contributed by atoms with E-state index in [4.69, 9.17) is 11.6 Å². The van der Waals surface area contributed by atoms with E-state index in [1.807, 2.05) is 13.1 Å². The molecular formula is C14H17BrClF2N5O. The Morgan fingerprint density at radius 2 is 2.12 bits per heavy atom. The van der Waals surface area contributed by atoms with Gasteiger partial charge in [0.05, 0.1) is 27.4 Å². The summed E-state index contributed by atoms with van der Waals surface area (Å²) in [4.78, 5) is 13.8. The van der Waals surface area contributed by atoms with E-state index in [0.717, 1.165) is 16.7 Å². The molecule has 0 aliphatic rings. The molecule has 132 valence electrons. The van der Waals surface area contributed by atoms with Crippen LogP contribution in [0.4, 0.5) is 8.78 Å². The second kappa shape index (κ2) is 7.60. The lowest BCUT2D eigenvalue weighted by molar-refractivity contribution is -0.131. The first kappa shape index (κ1) is 18.9. The van der Waals surface area contributed by atoms with Gasteiger partial charge < -0.3 is 4.90 Å². The third kappa shape index (κ3) is 3.94. The highest BCUT2D eigenvalue weighted by atomic mass is 79.9. The number of amides is 1. The first-order valence-electron chi connectivity index (χ1n) is 7.21. The van der Waals surface area contributed by atoms with E-state index in [9.17, 15) is 13.6 Å². The number of rotatable bonds is 6. The number of hydrogen-bond acceptors (Lipinski definition) is 3. The summed E-state index contributed by atoms with van der Waals surface area (Å²) in [5.41, 5.74) is 0.551. The number of alkyl halides is 2. The number of nitrogens with zero attached hydrogens (tertiary/aromatic N) is 5. The molecular weight excluding hydrogens is 408 g/mol. The molecule has 2 rings (SSSR count). The largest absolute Gasteiger partial charge is 0.338 e. The molecule has 0 saturated heterocycles. The summed E-state index contributed by atoms with van der Waals surface area (Å²) < 4.78 is 29.4. The van der Waals surface area contributed by atoms with Crippen LogP contribution in [0.25, 0.3) is 0 Å². The van der Waals surface area contributed by atoms with Crippen molar-refractivity contribution in [3.8, 4) is 0 Å². The van der Waals surface area contributed by atoms with Crippen LogP contribution in [0.1, 0.15) is 30.4 Å². The molecule has 24 heavy (non-hydrogen) atoms. The van der Waals surface area contributed by atoms with Crippen LogP contribution in [0.3, 0.4) is 0 Å². The molecule has 0 aliphatic heterocycles. The van der Waals surface area contributed by atoms with E-state index in [2.05, 4.69) is 26.1 Å². The van der Waals surface area contributed by atoms with Crippen molar-refractivity contribution in [3.05, 3.63) is 32.8 Å². The van der Waals surface area contributed by atoms with Gasteiger partial charge in [-0.2, -0.15) is 10.2 Å². The predicted molar refractivity (Wildman–Crippen MR) is 89.0 cm³/mol. The predicted octanol–water partition coefficient (Wildman–Crippen LogP) is 3.42. The molecule has 1 amide bonds. The Labute approximate surface area is 151 Å². The van der Waals surface area contributed by atoms with Gasteiger partial charge >= 0.3 is 0 Å². The zero-order valence-electron chi connectivity index (χ0n) is 13.4. The molecule has 0 aliphatic carbocycles. The molecule has 2 aromatic rings. The van der Waals surface area contributed by atoms with Gasteiger partial charge in [-0.25, -0.2) is 8.78 Å². The van der Waals surface area contributed by atoms with Gasteiger partial charge in [0.1, 0.15) is 12.2 Å². The average molecular weight is 425 g/mol. The van der Waals surface area contributed by atoms with Gasteiger partial charge in [-0.05, 0) is 29.8 Å². The van der Waals surface area contributed by atoms with E-state index >= 15 is 0 Å². The minimum absolute atomic E-state index is 0.107.